The molecule has 1 heterocycles. The Labute approximate surface area is 242 Å². The van der Waals surface area contributed by atoms with Gasteiger partial charge in [0.25, 0.3) is 5.91 Å². The summed E-state index contributed by atoms with van der Waals surface area (Å²) in [7, 11) is 1.56. The number of hydrogen-bond donors (Lipinski definition) is 2. The van der Waals surface area contributed by atoms with Gasteiger partial charge in [0.15, 0.2) is 0 Å². The van der Waals surface area contributed by atoms with Crippen molar-refractivity contribution in [2.24, 2.45) is 0 Å². The highest BCUT2D eigenvalue weighted by Gasteiger charge is 2.45. The first kappa shape index (κ1) is 29.6. The molecule has 1 saturated heterocycles. The summed E-state index contributed by atoms with van der Waals surface area (Å²) in [4.78, 5) is 41.0. The molecule has 3 aromatic rings. The molecule has 2 N–H and O–H groups in total. The summed E-state index contributed by atoms with van der Waals surface area (Å²) in [5.74, 6) is -0.0411. The number of ether oxygens (including phenoxy) is 1. The lowest BCUT2D eigenvalue weighted by molar-refractivity contribution is -0.181. The number of hydrazine groups is 1. The monoisotopic (exact) mass is 556 g/mol. The van der Waals surface area contributed by atoms with E-state index in [1.54, 1.807) is 41.4 Å². The Bertz CT molecular complexity index is 1390. The van der Waals surface area contributed by atoms with Crippen LogP contribution in [0.3, 0.4) is 0 Å². The van der Waals surface area contributed by atoms with Crippen molar-refractivity contribution in [2.45, 2.75) is 71.0 Å². The van der Waals surface area contributed by atoms with Gasteiger partial charge in [0.1, 0.15) is 11.8 Å². The molecule has 4 rings (SSSR count). The maximum absolute atomic E-state index is 14.5. The molecule has 4 amide bonds. The number of anilines is 1. The summed E-state index contributed by atoms with van der Waals surface area (Å²) in [6, 6.07) is 23.3. The van der Waals surface area contributed by atoms with Crippen molar-refractivity contribution in [1.82, 2.24) is 15.3 Å². The fourth-order valence-electron chi connectivity index (χ4n) is 5.65. The molecule has 0 bridgehead atoms. The first-order valence-electron chi connectivity index (χ1n) is 13.9. The van der Waals surface area contributed by atoms with Gasteiger partial charge >= 0.3 is 6.03 Å². The van der Waals surface area contributed by atoms with E-state index < -0.39 is 23.7 Å². The van der Waals surface area contributed by atoms with E-state index in [1.165, 1.54) is 6.92 Å². The lowest BCUT2D eigenvalue weighted by atomic mass is 9.86. The molecule has 216 valence electrons. The predicted octanol–water partition coefficient (Wildman–Crippen LogP) is 6.20. The van der Waals surface area contributed by atoms with Crippen LogP contribution in [0.4, 0.5) is 10.5 Å². The Kier molecular flexibility index (Phi) is 9.01. The molecule has 3 aromatic carbocycles. The first-order chi connectivity index (χ1) is 19.5. The second-order valence-electron chi connectivity index (χ2n) is 11.6. The molecule has 3 atom stereocenters. The fourth-order valence-corrected chi connectivity index (χ4v) is 5.65. The molecule has 0 spiro atoms. The topological polar surface area (TPSA) is 91.0 Å². The number of hydrogen-bond acceptors (Lipinski definition) is 4. The number of aryl methyl sites for hydroxylation is 1. The highest BCUT2D eigenvalue weighted by molar-refractivity contribution is 5.94. The summed E-state index contributed by atoms with van der Waals surface area (Å²) in [5.41, 5.74) is 2.93. The van der Waals surface area contributed by atoms with E-state index in [2.05, 4.69) is 28.8 Å². The van der Waals surface area contributed by atoms with E-state index in [9.17, 15) is 14.4 Å². The van der Waals surface area contributed by atoms with Crippen molar-refractivity contribution < 1.29 is 19.1 Å². The van der Waals surface area contributed by atoms with Crippen LogP contribution in [0.1, 0.15) is 69.2 Å². The third-order valence-corrected chi connectivity index (χ3v) is 7.33. The number of carbonyl (C=O) groups excluding carboxylic acids is 3. The number of amides is 4. The number of urea groups is 1. The number of carbonyl (C=O) groups is 3. The molecule has 1 aliphatic heterocycles. The average Bonchev–Trinajstić information content (AvgIpc) is 3.05. The van der Waals surface area contributed by atoms with Gasteiger partial charge in [-0.1, -0.05) is 66.2 Å². The van der Waals surface area contributed by atoms with Gasteiger partial charge in [0.2, 0.25) is 5.91 Å². The Morgan fingerprint density at radius 1 is 0.927 bits per heavy atom. The van der Waals surface area contributed by atoms with E-state index in [-0.39, 0.29) is 17.7 Å². The van der Waals surface area contributed by atoms with E-state index in [0.717, 1.165) is 16.7 Å². The number of benzene rings is 3. The van der Waals surface area contributed by atoms with Gasteiger partial charge in [0.05, 0.1) is 18.7 Å². The van der Waals surface area contributed by atoms with Crippen LogP contribution < -0.4 is 15.4 Å². The highest BCUT2D eigenvalue weighted by atomic mass is 16.5. The number of methoxy groups -OCH3 is 1. The van der Waals surface area contributed by atoms with Gasteiger partial charge in [-0.2, -0.15) is 0 Å². The second kappa shape index (κ2) is 12.5. The van der Waals surface area contributed by atoms with E-state index in [1.807, 2.05) is 64.1 Å². The Balaban J connectivity index is 1.78. The predicted molar refractivity (Wildman–Crippen MR) is 160 cm³/mol. The van der Waals surface area contributed by atoms with Gasteiger partial charge in [-0.3, -0.25) is 9.59 Å². The molecule has 0 radical (unpaired) electrons. The largest absolute Gasteiger partial charge is 0.497 e. The van der Waals surface area contributed by atoms with E-state index >= 15 is 0 Å². The van der Waals surface area contributed by atoms with Crippen LogP contribution in [0.25, 0.3) is 0 Å². The zero-order valence-electron chi connectivity index (χ0n) is 24.7. The normalized spacial score (nSPS) is 19.2. The number of rotatable bonds is 6. The van der Waals surface area contributed by atoms with Crippen molar-refractivity contribution >= 4 is 23.5 Å². The zero-order valence-corrected chi connectivity index (χ0v) is 24.7. The molecule has 8 heteroatoms. The molecule has 41 heavy (non-hydrogen) atoms. The summed E-state index contributed by atoms with van der Waals surface area (Å²) in [6.07, 6.45) is 0.956. The quantitative estimate of drug-likeness (QED) is 0.378. The van der Waals surface area contributed by atoms with Crippen LogP contribution >= 0.6 is 0 Å². The Hall–Kier alpha value is -4.33. The fraction of sp³-hybridized carbons (Fsp3) is 0.364. The van der Waals surface area contributed by atoms with Crippen molar-refractivity contribution in [3.63, 3.8) is 0 Å². The molecule has 0 aliphatic carbocycles. The summed E-state index contributed by atoms with van der Waals surface area (Å²) in [6.45, 7) is 9.22. The van der Waals surface area contributed by atoms with Gasteiger partial charge in [-0.05, 0) is 69.7 Å². The zero-order chi connectivity index (χ0) is 29.7. The Morgan fingerprint density at radius 3 is 2.24 bits per heavy atom. The molecular weight excluding hydrogens is 516 g/mol. The Morgan fingerprint density at radius 2 is 1.61 bits per heavy atom. The third kappa shape index (κ3) is 7.06. The lowest BCUT2D eigenvalue weighted by Gasteiger charge is -2.47. The maximum Gasteiger partial charge on any atom is 0.319 e. The van der Waals surface area contributed by atoms with Crippen LogP contribution in [-0.2, 0) is 9.59 Å². The van der Waals surface area contributed by atoms with Crippen molar-refractivity contribution in [3.05, 3.63) is 95.6 Å². The standard InChI is InChI=1S/C33H40N4O4/c1-22-12-10-15-25(18-22)30-20-26(24-13-8-7-9-14-24)19-29(31(39)36(30)37(23(2)38)33(3,4)5)35-32(40)34-27-16-11-17-28(21-27)41-6/h7-18,21,26,29-30H,19-20H2,1-6H3,(H2,34,35,40). The van der Waals surface area contributed by atoms with Crippen LogP contribution in [0.2, 0.25) is 0 Å². The molecule has 3 unspecified atom stereocenters. The van der Waals surface area contributed by atoms with Crippen molar-refractivity contribution in [1.29, 1.82) is 0 Å². The second-order valence-corrected chi connectivity index (χ2v) is 11.6. The SMILES string of the molecule is COc1cccc(NC(=O)NC2CC(c3ccccc3)CC(c3cccc(C)c3)N(N(C(C)=O)C(C)(C)C)C2=O)c1. The van der Waals surface area contributed by atoms with Gasteiger partial charge in [0, 0.05) is 18.7 Å². The van der Waals surface area contributed by atoms with Gasteiger partial charge in [-0.25, -0.2) is 14.8 Å². The molecule has 8 nitrogen and oxygen atoms in total. The molecular formula is C33H40N4O4. The minimum atomic E-state index is -0.884. The summed E-state index contributed by atoms with van der Waals surface area (Å²) >= 11 is 0. The number of nitrogens with one attached hydrogen (secondary N) is 2. The smallest absolute Gasteiger partial charge is 0.319 e. The minimum Gasteiger partial charge on any atom is -0.497 e. The van der Waals surface area contributed by atoms with Crippen LogP contribution in [0.15, 0.2) is 78.9 Å². The van der Waals surface area contributed by atoms with Crippen LogP contribution in [0, 0.1) is 6.92 Å². The minimum absolute atomic E-state index is 0.0634. The summed E-state index contributed by atoms with van der Waals surface area (Å²) in [5, 5.41) is 8.90. The van der Waals surface area contributed by atoms with Crippen LogP contribution in [-0.4, -0.2) is 46.6 Å². The molecule has 0 aromatic heterocycles. The van der Waals surface area contributed by atoms with Crippen molar-refractivity contribution in [2.75, 3.05) is 12.4 Å². The molecule has 0 saturated carbocycles. The number of nitrogens with zero attached hydrogens (tertiary/aromatic N) is 2. The van der Waals surface area contributed by atoms with E-state index in [0.29, 0.717) is 24.3 Å². The molecule has 1 fully saturated rings. The van der Waals surface area contributed by atoms with Crippen LogP contribution in [0.5, 0.6) is 5.75 Å². The lowest BCUT2D eigenvalue weighted by Crippen LogP contribution is -2.61. The first-order valence-corrected chi connectivity index (χ1v) is 13.9. The van der Waals surface area contributed by atoms with Crippen molar-refractivity contribution in [3.8, 4) is 5.75 Å². The average molecular weight is 557 g/mol. The third-order valence-electron chi connectivity index (χ3n) is 7.33. The van der Waals surface area contributed by atoms with Gasteiger partial charge in [-0.15, -0.1) is 0 Å². The van der Waals surface area contributed by atoms with Gasteiger partial charge < -0.3 is 15.4 Å². The molecule has 1 aliphatic rings. The summed E-state index contributed by atoms with van der Waals surface area (Å²) < 4.78 is 5.27. The highest BCUT2D eigenvalue weighted by Crippen LogP contribution is 2.41. The van der Waals surface area contributed by atoms with E-state index in [4.69, 9.17) is 4.74 Å². The maximum atomic E-state index is 14.5.